The van der Waals surface area contributed by atoms with Gasteiger partial charge in [-0.1, -0.05) is 0 Å². The number of ether oxygens (including phenoxy) is 1. The highest BCUT2D eigenvalue weighted by molar-refractivity contribution is 5.95. The van der Waals surface area contributed by atoms with E-state index in [9.17, 15) is 9.18 Å². The average molecular weight is 255 g/mol. The highest BCUT2D eigenvalue weighted by Gasteiger charge is 2.08. The minimum atomic E-state index is -0.428. The monoisotopic (exact) mass is 255 g/mol. The number of halogens is 1. The largest absolute Gasteiger partial charge is 0.397 e. The van der Waals surface area contributed by atoms with Crippen LogP contribution in [-0.4, -0.2) is 44.7 Å². The third kappa shape index (κ3) is 4.68. The summed E-state index contributed by atoms with van der Waals surface area (Å²) < 4.78 is 17.7. The first kappa shape index (κ1) is 14.4. The molecule has 0 aromatic heterocycles. The highest BCUT2D eigenvalue weighted by atomic mass is 19.1. The van der Waals surface area contributed by atoms with Gasteiger partial charge in [0.15, 0.2) is 0 Å². The lowest BCUT2D eigenvalue weighted by molar-refractivity contribution is -0.117. The molecule has 3 N–H and O–H groups in total. The van der Waals surface area contributed by atoms with Crippen LogP contribution < -0.4 is 11.1 Å². The van der Waals surface area contributed by atoms with Crippen molar-refractivity contribution in [2.24, 2.45) is 0 Å². The summed E-state index contributed by atoms with van der Waals surface area (Å²) in [6.45, 7) is 1.44. The van der Waals surface area contributed by atoms with Crippen molar-refractivity contribution in [3.8, 4) is 0 Å². The number of nitrogens with one attached hydrogen (secondary N) is 1. The second-order valence-electron chi connectivity index (χ2n) is 4.01. The van der Waals surface area contributed by atoms with Crippen molar-refractivity contribution in [1.29, 1.82) is 0 Å². The summed E-state index contributed by atoms with van der Waals surface area (Å²) in [4.78, 5) is 13.5. The molecule has 0 aliphatic rings. The minimum absolute atomic E-state index is 0.202. The van der Waals surface area contributed by atoms with Crippen molar-refractivity contribution in [2.75, 3.05) is 44.9 Å². The van der Waals surface area contributed by atoms with Gasteiger partial charge in [-0.05, 0) is 25.2 Å². The molecule has 1 aromatic rings. The second kappa shape index (κ2) is 6.93. The topological polar surface area (TPSA) is 67.6 Å². The van der Waals surface area contributed by atoms with E-state index < -0.39 is 5.82 Å². The number of likely N-dealkylation sites (N-methyl/N-ethyl adjacent to an activating group) is 1. The summed E-state index contributed by atoms with van der Waals surface area (Å²) >= 11 is 0. The van der Waals surface area contributed by atoms with Gasteiger partial charge in [0.2, 0.25) is 5.91 Å². The summed E-state index contributed by atoms with van der Waals surface area (Å²) in [7, 11) is 3.42. The Hall–Kier alpha value is -1.66. The lowest BCUT2D eigenvalue weighted by Crippen LogP contribution is -2.32. The van der Waals surface area contributed by atoms with E-state index in [1.54, 1.807) is 7.11 Å². The van der Waals surface area contributed by atoms with E-state index in [4.69, 9.17) is 10.5 Å². The number of rotatable bonds is 6. The molecule has 0 aliphatic heterocycles. The molecule has 18 heavy (non-hydrogen) atoms. The zero-order valence-corrected chi connectivity index (χ0v) is 10.6. The predicted octanol–water partition coefficient (Wildman–Crippen LogP) is 0.925. The SMILES string of the molecule is COCCN(C)CC(=O)Nc1ccc(F)cc1N. The molecule has 6 heteroatoms. The van der Waals surface area contributed by atoms with E-state index in [-0.39, 0.29) is 18.1 Å². The van der Waals surface area contributed by atoms with E-state index in [0.29, 0.717) is 18.8 Å². The lowest BCUT2D eigenvalue weighted by Gasteiger charge is -2.16. The van der Waals surface area contributed by atoms with Gasteiger partial charge in [-0.15, -0.1) is 0 Å². The van der Waals surface area contributed by atoms with Crippen molar-refractivity contribution >= 4 is 17.3 Å². The summed E-state index contributed by atoms with van der Waals surface area (Å²) in [6, 6.07) is 3.86. The molecule has 0 heterocycles. The van der Waals surface area contributed by atoms with Crippen molar-refractivity contribution < 1.29 is 13.9 Å². The number of carbonyl (C=O) groups is 1. The van der Waals surface area contributed by atoms with E-state index in [0.717, 1.165) is 0 Å². The highest BCUT2D eigenvalue weighted by Crippen LogP contribution is 2.18. The first-order chi connectivity index (χ1) is 8.52. The Kier molecular flexibility index (Phi) is 5.54. The molecular weight excluding hydrogens is 237 g/mol. The van der Waals surface area contributed by atoms with Gasteiger partial charge < -0.3 is 15.8 Å². The number of hydrogen-bond acceptors (Lipinski definition) is 4. The maximum atomic E-state index is 12.8. The van der Waals surface area contributed by atoms with Gasteiger partial charge >= 0.3 is 0 Å². The molecular formula is C12H18FN3O2. The first-order valence-electron chi connectivity index (χ1n) is 5.55. The Morgan fingerprint density at radius 1 is 1.56 bits per heavy atom. The second-order valence-corrected chi connectivity index (χ2v) is 4.01. The van der Waals surface area contributed by atoms with Gasteiger partial charge in [0, 0.05) is 13.7 Å². The molecule has 0 atom stereocenters. The van der Waals surface area contributed by atoms with E-state index in [2.05, 4.69) is 5.32 Å². The van der Waals surface area contributed by atoms with Crippen LogP contribution in [0.4, 0.5) is 15.8 Å². The number of hydrogen-bond donors (Lipinski definition) is 2. The van der Waals surface area contributed by atoms with E-state index in [1.807, 2.05) is 11.9 Å². The van der Waals surface area contributed by atoms with Gasteiger partial charge in [-0.3, -0.25) is 9.69 Å². The summed E-state index contributed by atoms with van der Waals surface area (Å²) in [6.07, 6.45) is 0. The zero-order valence-electron chi connectivity index (χ0n) is 10.6. The number of nitrogens with two attached hydrogens (primary N) is 1. The number of anilines is 2. The van der Waals surface area contributed by atoms with Crippen molar-refractivity contribution in [3.05, 3.63) is 24.0 Å². The quantitative estimate of drug-likeness (QED) is 0.742. The van der Waals surface area contributed by atoms with Crippen LogP contribution in [0, 0.1) is 5.82 Å². The van der Waals surface area contributed by atoms with Gasteiger partial charge in [-0.25, -0.2) is 4.39 Å². The summed E-state index contributed by atoms with van der Waals surface area (Å²) in [5.41, 5.74) is 6.22. The van der Waals surface area contributed by atoms with Crippen molar-refractivity contribution in [1.82, 2.24) is 4.90 Å². The Morgan fingerprint density at radius 2 is 2.28 bits per heavy atom. The molecule has 0 radical (unpaired) electrons. The van der Waals surface area contributed by atoms with E-state index >= 15 is 0 Å². The maximum Gasteiger partial charge on any atom is 0.238 e. The van der Waals surface area contributed by atoms with Gasteiger partial charge in [0.25, 0.3) is 0 Å². The predicted molar refractivity (Wildman–Crippen MR) is 68.8 cm³/mol. The molecule has 1 amide bonds. The van der Waals surface area contributed by atoms with Gasteiger partial charge in [0.1, 0.15) is 5.82 Å². The Bertz CT molecular complexity index is 412. The van der Waals surface area contributed by atoms with Gasteiger partial charge in [0.05, 0.1) is 24.5 Å². The molecule has 1 rings (SSSR count). The molecule has 0 unspecified atom stereocenters. The van der Waals surface area contributed by atoms with Crippen molar-refractivity contribution in [2.45, 2.75) is 0 Å². The molecule has 0 saturated carbocycles. The first-order valence-corrected chi connectivity index (χ1v) is 5.55. The van der Waals surface area contributed by atoms with Crippen LogP contribution in [0.1, 0.15) is 0 Å². The summed E-state index contributed by atoms with van der Waals surface area (Å²) in [5, 5.41) is 2.63. The van der Waals surface area contributed by atoms with Gasteiger partial charge in [-0.2, -0.15) is 0 Å². The van der Waals surface area contributed by atoms with Crippen LogP contribution in [0.3, 0.4) is 0 Å². The number of carbonyl (C=O) groups excluding carboxylic acids is 1. The lowest BCUT2D eigenvalue weighted by atomic mass is 10.2. The molecule has 100 valence electrons. The fraction of sp³-hybridized carbons (Fsp3) is 0.417. The third-order valence-electron chi connectivity index (χ3n) is 2.38. The number of amides is 1. The molecule has 5 nitrogen and oxygen atoms in total. The minimum Gasteiger partial charge on any atom is -0.397 e. The van der Waals surface area contributed by atoms with Crippen molar-refractivity contribution in [3.63, 3.8) is 0 Å². The van der Waals surface area contributed by atoms with Crippen LogP contribution in [0.5, 0.6) is 0 Å². The average Bonchev–Trinajstić information content (AvgIpc) is 2.30. The zero-order chi connectivity index (χ0) is 13.5. The molecule has 0 saturated heterocycles. The fourth-order valence-electron chi connectivity index (χ4n) is 1.41. The third-order valence-corrected chi connectivity index (χ3v) is 2.38. The maximum absolute atomic E-state index is 12.8. The van der Waals surface area contributed by atoms with Crippen LogP contribution in [0.15, 0.2) is 18.2 Å². The molecule has 0 fully saturated rings. The molecule has 1 aromatic carbocycles. The standard InChI is InChI=1S/C12H18FN3O2/c1-16(5-6-18-2)8-12(17)15-11-4-3-9(13)7-10(11)14/h3-4,7H,5-6,8,14H2,1-2H3,(H,15,17). The van der Waals surface area contributed by atoms with Crippen LogP contribution in [0.2, 0.25) is 0 Å². The Balaban J connectivity index is 2.49. The molecule has 0 spiro atoms. The molecule has 0 aliphatic carbocycles. The Morgan fingerprint density at radius 3 is 2.89 bits per heavy atom. The van der Waals surface area contributed by atoms with Crippen LogP contribution in [-0.2, 0) is 9.53 Å². The number of nitrogens with zero attached hydrogens (tertiary/aromatic N) is 1. The summed E-state index contributed by atoms with van der Waals surface area (Å²) in [5.74, 6) is -0.630. The number of benzene rings is 1. The fourth-order valence-corrected chi connectivity index (χ4v) is 1.41. The van der Waals surface area contributed by atoms with Crippen LogP contribution >= 0.6 is 0 Å². The number of nitrogen functional groups attached to an aromatic ring is 1. The Labute approximate surface area is 106 Å². The van der Waals surface area contributed by atoms with Crippen LogP contribution in [0.25, 0.3) is 0 Å². The molecule has 0 bridgehead atoms. The smallest absolute Gasteiger partial charge is 0.238 e. The number of methoxy groups -OCH3 is 1. The normalized spacial score (nSPS) is 10.7. The van der Waals surface area contributed by atoms with E-state index in [1.165, 1.54) is 18.2 Å².